The molecule has 0 spiro atoms. The molecule has 10 aromatic rings. The average molecular weight is 1690 g/mol. The second-order valence-electron chi connectivity index (χ2n) is 28.3. The summed E-state index contributed by atoms with van der Waals surface area (Å²) in [5, 5.41) is 24.4. The molecule has 12 rings (SSSR count). The first-order chi connectivity index (χ1) is 60.9. The van der Waals surface area contributed by atoms with Crippen LogP contribution in [0.5, 0.6) is 23.0 Å². The van der Waals surface area contributed by atoms with Crippen LogP contribution >= 0.6 is 0 Å². The summed E-state index contributed by atoms with van der Waals surface area (Å²) in [6, 6.07) is 75.8. The Balaban J connectivity index is 0.000000251. The first kappa shape index (κ1) is 93.0. The van der Waals surface area contributed by atoms with Crippen LogP contribution < -0.4 is 18.9 Å². The summed E-state index contributed by atoms with van der Waals surface area (Å²) >= 11 is 0. The predicted octanol–water partition coefficient (Wildman–Crippen LogP) is 13.7. The van der Waals surface area contributed by atoms with Gasteiger partial charge in [-0.1, -0.05) is 184 Å². The molecule has 0 saturated carbocycles. The summed E-state index contributed by atoms with van der Waals surface area (Å²) in [5.74, 6) is 0.574. The lowest BCUT2D eigenvalue weighted by Gasteiger charge is -2.34. The van der Waals surface area contributed by atoms with E-state index < -0.39 is 46.9 Å². The van der Waals surface area contributed by atoms with Gasteiger partial charge in [-0.2, -0.15) is 0 Å². The van der Waals surface area contributed by atoms with E-state index in [0.29, 0.717) is 157 Å². The fourth-order valence-electron chi connectivity index (χ4n) is 14.6. The third kappa shape index (κ3) is 26.2. The summed E-state index contributed by atoms with van der Waals surface area (Å²) in [4.78, 5) is 44.6. The highest BCUT2D eigenvalue weighted by Crippen LogP contribution is 2.58. The maximum Gasteiger partial charge on any atom is 0.330 e. The van der Waals surface area contributed by atoms with Crippen molar-refractivity contribution < 1.29 is 115 Å². The molecule has 2 unspecified atom stereocenters. The molecule has 0 bridgehead atoms. The Morgan fingerprint density at radius 1 is 0.250 bits per heavy atom. The van der Waals surface area contributed by atoms with Gasteiger partial charge in [0.25, 0.3) is 0 Å². The smallest absolute Gasteiger partial charge is 0.330 e. The Morgan fingerprint density at radius 3 is 0.782 bits per heavy atom. The molecule has 2 N–H and O–H groups in total. The molecule has 0 fully saturated rings. The molecule has 2 aliphatic rings. The van der Waals surface area contributed by atoms with E-state index in [4.69, 9.17) is 85.3 Å². The van der Waals surface area contributed by atoms with E-state index in [1.807, 2.05) is 60.7 Å². The fraction of sp³-hybridized carbons (Fsp3) is 0.320. The van der Waals surface area contributed by atoms with Crippen LogP contribution in [0.15, 0.2) is 269 Å². The Morgan fingerprint density at radius 2 is 0.484 bits per heavy atom. The standard InChI is InChI=1S/C55H70O16.C45H38O8/c1-3-53(56)70-43-39-66-35-31-62-27-23-58-21-25-60-29-33-64-37-41-68-47-17-13-45(14-18-47)55(51-11-7-5-9-49(51)50-10-6-8-12-52(50)55)46-15-19-48(20-16-46)69-42-38-65-34-30-61-26-22-59-24-28-63-32-36-67-40-44-71-54(57)4-2;1-3-43(48)52-27-35(46)25-50-37-19-15-29-21-33(17-13-31(29)23-37)45(41-11-7-5-9-39(41)40-10-6-8-12-42(40)45)34-18-14-32-24-38(20-16-30(32)22-34)51-26-36(47)28-53-44(49)4-2/h3-20H,1-2,21-44H2;3-24,35-36,46-47H,1-2,25-28H2. The van der Waals surface area contributed by atoms with E-state index in [2.05, 4.69) is 184 Å². The van der Waals surface area contributed by atoms with Crippen LogP contribution in [-0.4, -0.2) is 231 Å². The first-order valence-corrected chi connectivity index (χ1v) is 41.4. The zero-order valence-electron chi connectivity index (χ0n) is 69.8. The number of hydrogen-bond acceptors (Lipinski definition) is 24. The maximum absolute atomic E-state index is 11.3. The molecule has 0 aromatic heterocycles. The normalized spacial score (nSPS) is 12.9. The number of ether oxygens (including phenoxy) is 18. The van der Waals surface area contributed by atoms with Gasteiger partial charge >= 0.3 is 23.9 Å². The molecule has 24 heteroatoms. The van der Waals surface area contributed by atoms with Crippen LogP contribution in [0.1, 0.15) is 44.5 Å². The molecule has 10 aromatic carbocycles. The zero-order valence-corrected chi connectivity index (χ0v) is 69.8. The van der Waals surface area contributed by atoms with Crippen LogP contribution in [0.25, 0.3) is 43.8 Å². The van der Waals surface area contributed by atoms with Gasteiger partial charge in [0.15, 0.2) is 0 Å². The van der Waals surface area contributed by atoms with Gasteiger partial charge in [0, 0.05) is 24.3 Å². The minimum atomic E-state index is -0.978. The maximum atomic E-state index is 11.3. The molecule has 0 heterocycles. The van der Waals surface area contributed by atoms with Crippen LogP contribution in [-0.2, 0) is 96.3 Å². The second-order valence-corrected chi connectivity index (χ2v) is 28.3. The van der Waals surface area contributed by atoms with Crippen molar-refractivity contribution in [3.63, 3.8) is 0 Å². The number of aliphatic hydroxyl groups is 2. The van der Waals surface area contributed by atoms with Crippen molar-refractivity contribution in [1.29, 1.82) is 0 Å². The second kappa shape index (κ2) is 50.1. The topological polar surface area (TPSA) is 275 Å². The molecule has 0 radical (unpaired) electrons. The van der Waals surface area contributed by atoms with E-state index in [1.165, 1.54) is 44.5 Å². The number of carbonyl (C=O) groups excluding carboxylic acids is 4. The number of rotatable bonds is 56. The van der Waals surface area contributed by atoms with Gasteiger partial charge in [0.1, 0.15) is 88.1 Å². The Hall–Kier alpha value is -11.7. The number of hydrogen-bond donors (Lipinski definition) is 2. The van der Waals surface area contributed by atoms with Gasteiger partial charge in [-0.05, 0) is 149 Å². The van der Waals surface area contributed by atoms with Crippen LogP contribution in [0, 0.1) is 0 Å². The number of benzene rings is 10. The van der Waals surface area contributed by atoms with Crippen LogP contribution in [0.4, 0.5) is 0 Å². The molecule has 0 amide bonds. The fourth-order valence-corrected chi connectivity index (χ4v) is 14.6. The van der Waals surface area contributed by atoms with E-state index in [0.717, 1.165) is 79.6 Å². The number of fused-ring (bicyclic) bond motifs is 8. The first-order valence-electron chi connectivity index (χ1n) is 41.4. The van der Waals surface area contributed by atoms with Gasteiger partial charge in [0.05, 0.1) is 143 Å². The summed E-state index contributed by atoms with van der Waals surface area (Å²) in [6.45, 7) is 22.7. The van der Waals surface area contributed by atoms with Crippen molar-refractivity contribution >= 4 is 45.4 Å². The quantitative estimate of drug-likeness (QED) is 0.0155. The van der Waals surface area contributed by atoms with Crippen molar-refractivity contribution in [3.05, 3.63) is 314 Å². The lowest BCUT2D eigenvalue weighted by molar-refractivity contribution is -0.142. The van der Waals surface area contributed by atoms with Gasteiger partial charge in [0.2, 0.25) is 0 Å². The lowest BCUT2D eigenvalue weighted by Crippen LogP contribution is -2.28. The van der Waals surface area contributed by atoms with Gasteiger partial charge in [-0.15, -0.1) is 0 Å². The van der Waals surface area contributed by atoms with Gasteiger partial charge < -0.3 is 95.5 Å². The van der Waals surface area contributed by atoms with Gasteiger partial charge in [-0.3, -0.25) is 0 Å². The van der Waals surface area contributed by atoms with Crippen LogP contribution in [0.3, 0.4) is 0 Å². The third-order valence-corrected chi connectivity index (χ3v) is 20.3. The highest BCUT2D eigenvalue weighted by Gasteiger charge is 2.48. The minimum Gasteiger partial charge on any atom is -0.491 e. The Kier molecular flexibility index (Phi) is 37.6. The monoisotopic (exact) mass is 1690 g/mol. The molecular weight excluding hydrogens is 1590 g/mol. The van der Waals surface area contributed by atoms with Crippen molar-refractivity contribution in [2.24, 2.45) is 0 Å². The molecule has 652 valence electrons. The lowest BCUT2D eigenvalue weighted by atomic mass is 9.67. The van der Waals surface area contributed by atoms with E-state index in [1.54, 1.807) is 0 Å². The van der Waals surface area contributed by atoms with E-state index >= 15 is 0 Å². The summed E-state index contributed by atoms with van der Waals surface area (Å²) in [6.07, 6.45) is 2.38. The average Bonchev–Trinajstić information content (AvgIpc) is 1.60. The van der Waals surface area contributed by atoms with Crippen molar-refractivity contribution in [2.45, 2.75) is 23.0 Å². The number of esters is 4. The minimum absolute atomic E-state index is 0.0323. The van der Waals surface area contributed by atoms with Gasteiger partial charge in [-0.25, -0.2) is 19.2 Å². The number of carbonyl (C=O) groups is 4. The molecule has 124 heavy (non-hydrogen) atoms. The summed E-state index contributed by atoms with van der Waals surface area (Å²) in [5.41, 5.74) is 12.9. The highest BCUT2D eigenvalue weighted by atomic mass is 16.6. The van der Waals surface area contributed by atoms with E-state index in [9.17, 15) is 29.4 Å². The molecule has 2 atom stereocenters. The summed E-state index contributed by atoms with van der Waals surface area (Å²) in [7, 11) is 0. The van der Waals surface area contributed by atoms with Crippen molar-refractivity contribution in [2.75, 3.05) is 185 Å². The van der Waals surface area contributed by atoms with Crippen molar-refractivity contribution in [3.8, 4) is 45.3 Å². The third-order valence-electron chi connectivity index (χ3n) is 20.3. The molecule has 0 aliphatic heterocycles. The molecule has 0 saturated heterocycles. The predicted molar refractivity (Wildman–Crippen MR) is 469 cm³/mol. The van der Waals surface area contributed by atoms with Crippen molar-refractivity contribution in [1.82, 2.24) is 0 Å². The van der Waals surface area contributed by atoms with Crippen LogP contribution in [0.2, 0.25) is 0 Å². The zero-order chi connectivity index (χ0) is 86.8. The number of aliphatic hydroxyl groups excluding tert-OH is 2. The SMILES string of the molecule is C=CC(=O)OCC(O)COc1ccc2cc(C3(c4ccc5cc(OCC(O)COC(=O)C=C)ccc5c4)c4ccccc4-c4ccccc43)ccc2c1.C=CC(=O)OCCOCCOCCOCCOCCOCCOc1ccc(C2(c3ccc(OCCOCCOCCOCCOCCOCCOC(=O)C=C)cc3)c3ccccc3-c3ccccc32)cc1. The molecule has 24 nitrogen and oxygen atoms in total. The Labute approximate surface area is 723 Å². The Bertz CT molecular complexity index is 4750. The molecular formula is C100H108O24. The largest absolute Gasteiger partial charge is 0.491 e. The summed E-state index contributed by atoms with van der Waals surface area (Å²) < 4.78 is 98.7. The molecule has 2 aliphatic carbocycles. The van der Waals surface area contributed by atoms with E-state index in [-0.39, 0.29) is 39.6 Å². The highest BCUT2D eigenvalue weighted by molar-refractivity contribution is 5.93.